The largest absolute Gasteiger partial charge is 0.497 e. The average molecular weight is 568 g/mol. The van der Waals surface area contributed by atoms with Crippen molar-refractivity contribution in [2.45, 2.75) is 17.4 Å². The molecule has 11 heteroatoms. The summed E-state index contributed by atoms with van der Waals surface area (Å²) >= 11 is 2.73. The SMILES string of the molecule is COc1ccc(N(C)C(=O)C(Cc2ccccc2)NC(=O)NSNc2cccc(SN3CCOCC3)c2)cc1. The Morgan fingerprint density at radius 3 is 2.49 bits per heavy atom. The number of likely N-dealkylation sites (N-methyl/N-ethyl adjacent to an activating group) is 1. The average Bonchev–Trinajstić information content (AvgIpc) is 2.97. The number of amides is 3. The summed E-state index contributed by atoms with van der Waals surface area (Å²) in [4.78, 5) is 28.9. The van der Waals surface area contributed by atoms with Gasteiger partial charge in [0.25, 0.3) is 0 Å². The van der Waals surface area contributed by atoms with Crippen LogP contribution >= 0.6 is 24.1 Å². The molecule has 3 N–H and O–H groups in total. The van der Waals surface area contributed by atoms with Gasteiger partial charge in [0.15, 0.2) is 0 Å². The van der Waals surface area contributed by atoms with Crippen LogP contribution in [-0.4, -0.2) is 62.7 Å². The molecule has 206 valence electrons. The van der Waals surface area contributed by atoms with Gasteiger partial charge in [-0.2, -0.15) is 0 Å². The van der Waals surface area contributed by atoms with Crippen molar-refractivity contribution in [1.82, 2.24) is 14.3 Å². The minimum absolute atomic E-state index is 0.232. The van der Waals surface area contributed by atoms with Crippen molar-refractivity contribution >= 4 is 47.4 Å². The van der Waals surface area contributed by atoms with Gasteiger partial charge >= 0.3 is 6.03 Å². The van der Waals surface area contributed by atoms with Gasteiger partial charge in [0.05, 0.1) is 32.5 Å². The Morgan fingerprint density at radius 1 is 1.03 bits per heavy atom. The molecule has 4 rings (SSSR count). The van der Waals surface area contributed by atoms with Crippen molar-refractivity contribution in [3.05, 3.63) is 84.4 Å². The molecule has 1 aliphatic heterocycles. The summed E-state index contributed by atoms with van der Waals surface area (Å²) in [5.74, 6) is 0.470. The second kappa shape index (κ2) is 14.7. The van der Waals surface area contributed by atoms with Crippen molar-refractivity contribution in [3.8, 4) is 5.75 Å². The highest BCUT2D eigenvalue weighted by Gasteiger charge is 2.25. The van der Waals surface area contributed by atoms with E-state index in [2.05, 4.69) is 25.1 Å². The third-order valence-corrected chi connectivity index (χ3v) is 7.74. The molecule has 1 unspecified atom stereocenters. The molecule has 1 saturated heterocycles. The van der Waals surface area contributed by atoms with E-state index in [0.29, 0.717) is 17.9 Å². The monoisotopic (exact) mass is 567 g/mol. The highest BCUT2D eigenvalue weighted by atomic mass is 32.2. The standard InChI is InChI=1S/C28H33N5O4S2/c1-32(23-11-13-24(36-2)14-12-23)27(34)26(19-21-7-4-3-5-8-21)29-28(35)31-39-30-22-9-6-10-25(20-22)38-33-15-17-37-18-16-33/h3-14,20,26,30H,15-19H2,1-2H3,(H2,29,31,35). The molecule has 1 fully saturated rings. The maximum Gasteiger partial charge on any atom is 0.326 e. The van der Waals surface area contributed by atoms with Crippen LogP contribution in [0.4, 0.5) is 16.2 Å². The fourth-order valence-electron chi connectivity index (χ4n) is 3.94. The Kier molecular flexibility index (Phi) is 10.8. The minimum Gasteiger partial charge on any atom is -0.497 e. The number of carbonyl (C=O) groups is 2. The van der Waals surface area contributed by atoms with Gasteiger partial charge in [0, 0.05) is 42.8 Å². The molecule has 39 heavy (non-hydrogen) atoms. The van der Waals surface area contributed by atoms with Crippen molar-refractivity contribution in [2.75, 3.05) is 50.1 Å². The molecule has 1 aliphatic rings. The number of methoxy groups -OCH3 is 1. The Labute approximate surface area is 238 Å². The number of ether oxygens (including phenoxy) is 2. The molecule has 0 aromatic heterocycles. The summed E-state index contributed by atoms with van der Waals surface area (Å²) in [5.41, 5.74) is 2.50. The zero-order valence-electron chi connectivity index (χ0n) is 22.0. The molecule has 9 nitrogen and oxygen atoms in total. The number of urea groups is 1. The van der Waals surface area contributed by atoms with Crippen molar-refractivity contribution < 1.29 is 19.1 Å². The fourth-order valence-corrected chi connectivity index (χ4v) is 5.33. The molecular formula is C28H33N5O4S2. The number of morpholine rings is 1. The lowest BCUT2D eigenvalue weighted by molar-refractivity contribution is -0.120. The van der Waals surface area contributed by atoms with Crippen molar-refractivity contribution in [1.29, 1.82) is 0 Å². The van der Waals surface area contributed by atoms with E-state index in [9.17, 15) is 9.59 Å². The minimum atomic E-state index is -0.770. The van der Waals surface area contributed by atoms with Gasteiger partial charge in [-0.05, 0) is 60.0 Å². The third-order valence-electron chi connectivity index (χ3n) is 6.03. The predicted octanol–water partition coefficient (Wildman–Crippen LogP) is 4.58. The Morgan fingerprint density at radius 2 is 1.77 bits per heavy atom. The summed E-state index contributed by atoms with van der Waals surface area (Å²) in [7, 11) is 3.29. The smallest absolute Gasteiger partial charge is 0.326 e. The lowest BCUT2D eigenvalue weighted by Crippen LogP contribution is -2.50. The molecule has 0 bridgehead atoms. The zero-order valence-corrected chi connectivity index (χ0v) is 23.6. The van der Waals surface area contributed by atoms with Gasteiger partial charge in [-0.15, -0.1) is 0 Å². The van der Waals surface area contributed by atoms with Crippen LogP contribution in [0.3, 0.4) is 0 Å². The lowest BCUT2D eigenvalue weighted by atomic mass is 10.0. The van der Waals surface area contributed by atoms with Crippen LogP contribution in [0.1, 0.15) is 5.56 Å². The van der Waals surface area contributed by atoms with Gasteiger partial charge in [-0.25, -0.2) is 9.10 Å². The van der Waals surface area contributed by atoms with E-state index < -0.39 is 12.1 Å². The molecule has 3 aromatic rings. The quantitative estimate of drug-likeness (QED) is 0.290. The van der Waals surface area contributed by atoms with E-state index in [1.807, 2.05) is 60.7 Å². The van der Waals surface area contributed by atoms with E-state index in [0.717, 1.165) is 54.6 Å². The number of carbonyl (C=O) groups excluding carboxylic acids is 2. The summed E-state index contributed by atoms with van der Waals surface area (Å²) in [5, 5.41) is 2.84. The summed E-state index contributed by atoms with van der Waals surface area (Å²) in [6, 6.07) is 23.6. The first-order chi connectivity index (χ1) is 19.0. The molecule has 3 amide bonds. The second-order valence-electron chi connectivity index (χ2n) is 8.78. The number of rotatable bonds is 11. The van der Waals surface area contributed by atoms with Crippen LogP contribution in [0.15, 0.2) is 83.8 Å². The highest BCUT2D eigenvalue weighted by Crippen LogP contribution is 2.26. The van der Waals surface area contributed by atoms with Crippen LogP contribution in [0.2, 0.25) is 0 Å². The lowest BCUT2D eigenvalue weighted by Gasteiger charge is -2.25. The summed E-state index contributed by atoms with van der Waals surface area (Å²) in [6.07, 6.45) is 0.354. The Hall–Kier alpha value is -3.38. The molecule has 0 spiro atoms. The van der Waals surface area contributed by atoms with E-state index >= 15 is 0 Å². The molecule has 0 radical (unpaired) electrons. The fraction of sp³-hybridized carbons (Fsp3) is 0.286. The normalized spacial score (nSPS) is 14.2. The number of benzene rings is 3. The summed E-state index contributed by atoms with van der Waals surface area (Å²) in [6.45, 7) is 3.25. The van der Waals surface area contributed by atoms with Crippen molar-refractivity contribution in [3.63, 3.8) is 0 Å². The van der Waals surface area contributed by atoms with Gasteiger partial charge < -0.3 is 24.4 Å². The number of hydrogen-bond acceptors (Lipinski definition) is 8. The van der Waals surface area contributed by atoms with E-state index in [1.165, 1.54) is 4.90 Å². The Balaban J connectivity index is 1.34. The maximum atomic E-state index is 13.4. The van der Waals surface area contributed by atoms with Crippen LogP contribution < -0.4 is 24.4 Å². The number of hydrogen-bond donors (Lipinski definition) is 3. The zero-order chi connectivity index (χ0) is 27.5. The first kappa shape index (κ1) is 28.6. The van der Waals surface area contributed by atoms with Gasteiger partial charge in [0.1, 0.15) is 11.8 Å². The molecular weight excluding hydrogens is 534 g/mol. The van der Waals surface area contributed by atoms with E-state index in [4.69, 9.17) is 9.47 Å². The van der Waals surface area contributed by atoms with Crippen molar-refractivity contribution in [2.24, 2.45) is 0 Å². The predicted molar refractivity (Wildman–Crippen MR) is 158 cm³/mol. The molecule has 3 aromatic carbocycles. The van der Waals surface area contributed by atoms with E-state index in [-0.39, 0.29) is 5.91 Å². The number of nitrogens with zero attached hydrogens (tertiary/aromatic N) is 2. The Bertz CT molecular complexity index is 1210. The number of nitrogens with one attached hydrogen (secondary N) is 3. The van der Waals surface area contributed by atoms with Crippen LogP contribution in [0.5, 0.6) is 5.75 Å². The van der Waals surface area contributed by atoms with Crippen LogP contribution in [-0.2, 0) is 16.0 Å². The molecule has 0 saturated carbocycles. The summed E-state index contributed by atoms with van der Waals surface area (Å²) < 4.78 is 18.8. The molecule has 1 heterocycles. The van der Waals surface area contributed by atoms with Crippen LogP contribution in [0.25, 0.3) is 0 Å². The van der Waals surface area contributed by atoms with E-state index in [1.54, 1.807) is 38.2 Å². The highest BCUT2D eigenvalue weighted by molar-refractivity contribution is 7.99. The van der Waals surface area contributed by atoms with Crippen LogP contribution in [0, 0.1) is 0 Å². The van der Waals surface area contributed by atoms with Gasteiger partial charge in [-0.1, -0.05) is 36.4 Å². The second-order valence-corrected chi connectivity index (χ2v) is 10.6. The number of anilines is 2. The first-order valence-corrected chi connectivity index (χ1v) is 14.2. The molecule has 0 aliphatic carbocycles. The van der Waals surface area contributed by atoms with Gasteiger partial charge in [0.2, 0.25) is 5.91 Å². The van der Waals surface area contributed by atoms with Gasteiger partial charge in [-0.3, -0.25) is 9.52 Å². The maximum absolute atomic E-state index is 13.4. The first-order valence-electron chi connectivity index (χ1n) is 12.6. The third kappa shape index (κ3) is 8.82. The molecule has 1 atom stereocenters. The topological polar surface area (TPSA) is 95.2 Å².